The summed E-state index contributed by atoms with van der Waals surface area (Å²) >= 11 is 6.01. The van der Waals surface area contributed by atoms with E-state index < -0.39 is 0 Å². The molecule has 1 heterocycles. The number of benzene rings is 2. The third-order valence-electron chi connectivity index (χ3n) is 4.29. The third-order valence-corrected chi connectivity index (χ3v) is 4.53. The van der Waals surface area contributed by atoms with Gasteiger partial charge in [-0.15, -0.1) is 5.10 Å². The van der Waals surface area contributed by atoms with Gasteiger partial charge < -0.3 is 5.32 Å². The molecule has 1 aromatic heterocycles. The van der Waals surface area contributed by atoms with Crippen molar-refractivity contribution in [3.05, 3.63) is 69.5 Å². The lowest BCUT2D eigenvalue weighted by atomic mass is 10.1. The van der Waals surface area contributed by atoms with Crippen molar-refractivity contribution in [1.29, 1.82) is 0 Å². The summed E-state index contributed by atoms with van der Waals surface area (Å²) < 4.78 is 1.67. The zero-order valence-corrected chi connectivity index (χ0v) is 15.3. The molecular formula is C19H19ClN4O. The maximum absolute atomic E-state index is 12.6. The second-order valence-electron chi connectivity index (χ2n) is 6.12. The molecule has 0 radical (unpaired) electrons. The molecule has 0 saturated heterocycles. The Balaban J connectivity index is 1.91. The minimum atomic E-state index is -0.307. The molecule has 0 saturated carbocycles. The fourth-order valence-corrected chi connectivity index (χ4v) is 2.72. The number of halogens is 1. The van der Waals surface area contributed by atoms with E-state index in [1.54, 1.807) is 16.8 Å². The Morgan fingerprint density at radius 2 is 1.72 bits per heavy atom. The molecule has 0 aliphatic rings. The minimum Gasteiger partial charge on any atom is -0.320 e. The van der Waals surface area contributed by atoms with Gasteiger partial charge in [0.15, 0.2) is 5.69 Å². The lowest BCUT2D eigenvalue weighted by Gasteiger charge is -2.09. The average molecular weight is 355 g/mol. The third kappa shape index (κ3) is 3.42. The van der Waals surface area contributed by atoms with Crippen molar-refractivity contribution in [1.82, 2.24) is 15.0 Å². The number of aromatic nitrogens is 3. The number of amides is 1. The van der Waals surface area contributed by atoms with Gasteiger partial charge in [-0.3, -0.25) is 4.79 Å². The Kier molecular flexibility index (Phi) is 4.59. The van der Waals surface area contributed by atoms with E-state index >= 15 is 0 Å². The molecule has 0 bridgehead atoms. The summed E-state index contributed by atoms with van der Waals surface area (Å²) in [6.45, 7) is 7.83. The Morgan fingerprint density at radius 3 is 2.44 bits per heavy atom. The van der Waals surface area contributed by atoms with Gasteiger partial charge in [-0.25, -0.2) is 4.68 Å². The van der Waals surface area contributed by atoms with Crippen LogP contribution < -0.4 is 5.32 Å². The highest BCUT2D eigenvalue weighted by atomic mass is 35.5. The molecule has 1 amide bonds. The quantitative estimate of drug-likeness (QED) is 0.758. The Morgan fingerprint density at radius 1 is 1.00 bits per heavy atom. The normalized spacial score (nSPS) is 10.8. The Labute approximate surface area is 151 Å². The maximum atomic E-state index is 12.6. The molecular weight excluding hydrogens is 336 g/mol. The topological polar surface area (TPSA) is 59.8 Å². The van der Waals surface area contributed by atoms with Crippen LogP contribution in [0.15, 0.2) is 36.4 Å². The Hall–Kier alpha value is -2.66. The van der Waals surface area contributed by atoms with Crippen LogP contribution in [0.2, 0.25) is 5.02 Å². The summed E-state index contributed by atoms with van der Waals surface area (Å²) in [6, 6.07) is 11.4. The van der Waals surface area contributed by atoms with Crippen LogP contribution in [0.4, 0.5) is 5.69 Å². The molecule has 0 fully saturated rings. The fraction of sp³-hybridized carbons (Fsp3) is 0.211. The zero-order chi connectivity index (χ0) is 18.1. The molecule has 3 aromatic rings. The molecule has 0 aliphatic heterocycles. The molecule has 2 aromatic carbocycles. The summed E-state index contributed by atoms with van der Waals surface area (Å²) in [4.78, 5) is 12.6. The molecule has 6 heteroatoms. The van der Waals surface area contributed by atoms with Gasteiger partial charge >= 0.3 is 0 Å². The molecule has 3 rings (SSSR count). The van der Waals surface area contributed by atoms with E-state index in [0.29, 0.717) is 16.4 Å². The first-order valence-corrected chi connectivity index (χ1v) is 8.32. The summed E-state index contributed by atoms with van der Waals surface area (Å²) in [6.07, 6.45) is 0. The molecule has 0 atom stereocenters. The molecule has 0 unspecified atom stereocenters. The van der Waals surface area contributed by atoms with Gasteiger partial charge in [0.25, 0.3) is 5.91 Å². The maximum Gasteiger partial charge on any atom is 0.278 e. The summed E-state index contributed by atoms with van der Waals surface area (Å²) in [5, 5.41) is 11.6. The van der Waals surface area contributed by atoms with E-state index in [2.05, 4.69) is 22.6 Å². The first-order chi connectivity index (χ1) is 11.9. The van der Waals surface area contributed by atoms with E-state index in [-0.39, 0.29) is 11.6 Å². The van der Waals surface area contributed by atoms with Crippen LogP contribution in [0.3, 0.4) is 0 Å². The minimum absolute atomic E-state index is 0.289. The van der Waals surface area contributed by atoms with Crippen LogP contribution in [0.1, 0.15) is 32.9 Å². The number of nitrogens with zero attached hydrogens (tertiary/aromatic N) is 3. The molecule has 0 spiro atoms. The second-order valence-corrected chi connectivity index (χ2v) is 6.55. The van der Waals surface area contributed by atoms with Crippen LogP contribution in [-0.2, 0) is 0 Å². The van der Waals surface area contributed by atoms with Gasteiger partial charge in [-0.05, 0) is 68.7 Å². The van der Waals surface area contributed by atoms with E-state index in [0.717, 1.165) is 16.8 Å². The van der Waals surface area contributed by atoms with Gasteiger partial charge in [-0.1, -0.05) is 28.9 Å². The molecule has 25 heavy (non-hydrogen) atoms. The van der Waals surface area contributed by atoms with E-state index in [9.17, 15) is 4.79 Å². The lowest BCUT2D eigenvalue weighted by molar-refractivity contribution is 0.102. The predicted octanol–water partition coefficient (Wildman–Crippen LogP) is 4.41. The number of aryl methyl sites for hydroxylation is 3. The van der Waals surface area contributed by atoms with Gasteiger partial charge in [0.2, 0.25) is 0 Å². The van der Waals surface area contributed by atoms with Crippen molar-refractivity contribution in [2.45, 2.75) is 27.7 Å². The Bertz CT molecular complexity index is 962. The number of hydrogen-bond donors (Lipinski definition) is 1. The molecule has 1 N–H and O–H groups in total. The van der Waals surface area contributed by atoms with Gasteiger partial charge in [0, 0.05) is 10.7 Å². The van der Waals surface area contributed by atoms with Crippen molar-refractivity contribution in [2.75, 3.05) is 5.32 Å². The summed E-state index contributed by atoms with van der Waals surface area (Å²) in [5.41, 5.74) is 5.81. The number of carbonyl (C=O) groups is 1. The van der Waals surface area contributed by atoms with Crippen molar-refractivity contribution in [3.8, 4) is 5.69 Å². The molecule has 0 aliphatic carbocycles. The number of carbonyl (C=O) groups excluding carboxylic acids is 1. The van der Waals surface area contributed by atoms with Crippen molar-refractivity contribution in [2.24, 2.45) is 0 Å². The second kappa shape index (κ2) is 6.69. The lowest BCUT2D eigenvalue weighted by Crippen LogP contribution is -2.15. The highest BCUT2D eigenvalue weighted by Crippen LogP contribution is 2.22. The monoisotopic (exact) mass is 354 g/mol. The summed E-state index contributed by atoms with van der Waals surface area (Å²) in [5.74, 6) is -0.307. The standard InChI is InChI=1S/C19H19ClN4O/c1-11-6-8-16(9-13(11)3)24-14(4)18(22-23-24)19(25)21-17-10-15(20)7-5-12(17)2/h5-10H,1-4H3,(H,21,25). The van der Waals surface area contributed by atoms with E-state index in [1.165, 1.54) is 5.56 Å². The number of nitrogens with one attached hydrogen (secondary N) is 1. The summed E-state index contributed by atoms with van der Waals surface area (Å²) in [7, 11) is 0. The van der Waals surface area contributed by atoms with Crippen molar-refractivity contribution in [3.63, 3.8) is 0 Å². The van der Waals surface area contributed by atoms with Crippen molar-refractivity contribution < 1.29 is 4.79 Å². The van der Waals surface area contributed by atoms with Crippen LogP contribution in [-0.4, -0.2) is 20.9 Å². The number of hydrogen-bond acceptors (Lipinski definition) is 3. The first-order valence-electron chi connectivity index (χ1n) is 7.94. The molecule has 5 nitrogen and oxygen atoms in total. The number of rotatable bonds is 3. The highest BCUT2D eigenvalue weighted by Gasteiger charge is 2.18. The SMILES string of the molecule is Cc1ccc(-n2nnc(C(=O)Nc3cc(Cl)ccc3C)c2C)cc1C. The highest BCUT2D eigenvalue weighted by molar-refractivity contribution is 6.31. The van der Waals surface area contributed by atoms with Gasteiger partial charge in [0.05, 0.1) is 11.4 Å². The first kappa shape index (κ1) is 17.2. The van der Waals surface area contributed by atoms with E-state index in [1.807, 2.05) is 45.0 Å². The number of anilines is 1. The largest absolute Gasteiger partial charge is 0.320 e. The predicted molar refractivity (Wildman–Crippen MR) is 99.7 cm³/mol. The van der Waals surface area contributed by atoms with Crippen LogP contribution in [0.25, 0.3) is 5.69 Å². The molecule has 128 valence electrons. The smallest absolute Gasteiger partial charge is 0.278 e. The van der Waals surface area contributed by atoms with Crippen molar-refractivity contribution >= 4 is 23.2 Å². The van der Waals surface area contributed by atoms with Crippen LogP contribution in [0.5, 0.6) is 0 Å². The van der Waals surface area contributed by atoms with Crippen LogP contribution in [0, 0.1) is 27.7 Å². The average Bonchev–Trinajstić information content (AvgIpc) is 2.95. The fourth-order valence-electron chi connectivity index (χ4n) is 2.55. The van der Waals surface area contributed by atoms with Gasteiger partial charge in [0.1, 0.15) is 0 Å². The van der Waals surface area contributed by atoms with Gasteiger partial charge in [-0.2, -0.15) is 0 Å². The zero-order valence-electron chi connectivity index (χ0n) is 14.6. The van der Waals surface area contributed by atoms with Crippen LogP contribution >= 0.6 is 11.6 Å². The van der Waals surface area contributed by atoms with E-state index in [4.69, 9.17) is 11.6 Å².